The zero-order chi connectivity index (χ0) is 13.2. The molecule has 0 aliphatic heterocycles. The van der Waals surface area contributed by atoms with Crippen LogP contribution in [0.1, 0.15) is 11.1 Å². The fourth-order valence-electron chi connectivity index (χ4n) is 2.22. The van der Waals surface area contributed by atoms with Crippen LogP contribution in [0.5, 0.6) is 0 Å². The molecule has 0 radical (unpaired) electrons. The number of H-pyrrole nitrogens is 1. The van der Waals surface area contributed by atoms with Crippen LogP contribution >= 0.6 is 11.6 Å². The van der Waals surface area contributed by atoms with E-state index in [0.717, 1.165) is 33.7 Å². The number of hydrogen-bond donors (Lipinski definition) is 2. The number of anilines is 1. The summed E-state index contributed by atoms with van der Waals surface area (Å²) in [4.78, 5) is 7.46. The Hall–Kier alpha value is -2.00. The summed E-state index contributed by atoms with van der Waals surface area (Å²) in [7, 11) is 0. The van der Waals surface area contributed by atoms with E-state index < -0.39 is 0 Å². The van der Waals surface area contributed by atoms with Crippen molar-refractivity contribution in [3.63, 3.8) is 0 Å². The van der Waals surface area contributed by atoms with E-state index in [9.17, 15) is 0 Å². The molecule has 3 nitrogen and oxygen atoms in total. The molecule has 0 aliphatic carbocycles. The predicted molar refractivity (Wildman–Crippen MR) is 79.6 cm³/mol. The Kier molecular flexibility index (Phi) is 3.13. The Bertz CT molecular complexity index is 705. The average molecular weight is 272 g/mol. The van der Waals surface area contributed by atoms with Gasteiger partial charge in [-0.25, -0.2) is 0 Å². The Morgan fingerprint density at radius 3 is 3.05 bits per heavy atom. The van der Waals surface area contributed by atoms with Gasteiger partial charge in [-0.05, 0) is 42.3 Å². The second-order valence-corrected chi connectivity index (χ2v) is 4.93. The van der Waals surface area contributed by atoms with Gasteiger partial charge in [0.2, 0.25) is 0 Å². The first-order valence-corrected chi connectivity index (χ1v) is 6.53. The monoisotopic (exact) mass is 271 g/mol. The number of aryl methyl sites for hydroxylation is 1. The third-order valence-electron chi connectivity index (χ3n) is 3.16. The summed E-state index contributed by atoms with van der Waals surface area (Å²) >= 11 is 6.35. The highest BCUT2D eigenvalue weighted by molar-refractivity contribution is 6.35. The predicted octanol–water partition coefficient (Wildman–Crippen LogP) is 4.14. The number of benzene rings is 1. The molecule has 1 aromatic carbocycles. The zero-order valence-electron chi connectivity index (χ0n) is 10.6. The number of aromatic amines is 1. The minimum atomic E-state index is 0.730. The minimum Gasteiger partial charge on any atom is -0.379 e. The van der Waals surface area contributed by atoms with Gasteiger partial charge in [-0.3, -0.25) is 4.98 Å². The molecule has 19 heavy (non-hydrogen) atoms. The number of hydrogen-bond acceptors (Lipinski definition) is 2. The number of nitrogens with zero attached hydrogens (tertiary/aromatic N) is 1. The SMILES string of the molecule is Cc1cc(Cl)c(NCc2cc[nH]c2)c2cccnc12. The summed E-state index contributed by atoms with van der Waals surface area (Å²) in [5.74, 6) is 0. The molecule has 96 valence electrons. The normalized spacial score (nSPS) is 10.8. The maximum absolute atomic E-state index is 6.35. The largest absolute Gasteiger partial charge is 0.379 e. The van der Waals surface area contributed by atoms with Crippen molar-refractivity contribution in [1.29, 1.82) is 0 Å². The maximum Gasteiger partial charge on any atom is 0.0752 e. The van der Waals surface area contributed by atoms with E-state index in [2.05, 4.69) is 15.3 Å². The summed E-state index contributed by atoms with van der Waals surface area (Å²) in [6.07, 6.45) is 5.68. The quantitative estimate of drug-likeness (QED) is 0.752. The highest BCUT2D eigenvalue weighted by Gasteiger charge is 2.09. The van der Waals surface area contributed by atoms with E-state index in [0.29, 0.717) is 0 Å². The fourth-order valence-corrected chi connectivity index (χ4v) is 2.55. The van der Waals surface area contributed by atoms with Gasteiger partial charge in [-0.2, -0.15) is 0 Å². The van der Waals surface area contributed by atoms with Crippen molar-refractivity contribution in [3.8, 4) is 0 Å². The molecule has 0 saturated heterocycles. The molecule has 0 atom stereocenters. The lowest BCUT2D eigenvalue weighted by atomic mass is 10.1. The van der Waals surface area contributed by atoms with E-state index in [-0.39, 0.29) is 0 Å². The molecule has 2 heterocycles. The number of halogens is 1. The molecular formula is C15H14ClN3. The Balaban J connectivity index is 2.02. The molecule has 0 aliphatic rings. The van der Waals surface area contributed by atoms with Crippen LogP contribution in [0, 0.1) is 6.92 Å². The van der Waals surface area contributed by atoms with Crippen LogP contribution in [0.25, 0.3) is 10.9 Å². The second kappa shape index (κ2) is 4.94. The van der Waals surface area contributed by atoms with Crippen molar-refractivity contribution in [2.75, 3.05) is 5.32 Å². The third kappa shape index (κ3) is 2.29. The zero-order valence-corrected chi connectivity index (χ0v) is 11.3. The van der Waals surface area contributed by atoms with Crippen LogP contribution < -0.4 is 5.32 Å². The van der Waals surface area contributed by atoms with Crippen molar-refractivity contribution in [1.82, 2.24) is 9.97 Å². The van der Waals surface area contributed by atoms with Crippen molar-refractivity contribution in [2.45, 2.75) is 13.5 Å². The van der Waals surface area contributed by atoms with Gasteiger partial charge in [0.1, 0.15) is 0 Å². The van der Waals surface area contributed by atoms with Gasteiger partial charge >= 0.3 is 0 Å². The molecule has 0 unspecified atom stereocenters. The summed E-state index contributed by atoms with van der Waals surface area (Å²) < 4.78 is 0. The average Bonchev–Trinajstić information content (AvgIpc) is 2.92. The first kappa shape index (κ1) is 12.1. The first-order chi connectivity index (χ1) is 9.25. The molecule has 2 aromatic heterocycles. The lowest BCUT2D eigenvalue weighted by Gasteiger charge is -2.12. The smallest absolute Gasteiger partial charge is 0.0752 e. The van der Waals surface area contributed by atoms with Crippen molar-refractivity contribution in [2.24, 2.45) is 0 Å². The van der Waals surface area contributed by atoms with Crippen LogP contribution in [0.15, 0.2) is 42.9 Å². The van der Waals surface area contributed by atoms with Crippen LogP contribution in [-0.4, -0.2) is 9.97 Å². The Labute approximate surface area is 116 Å². The number of nitrogens with one attached hydrogen (secondary N) is 2. The molecule has 0 spiro atoms. The maximum atomic E-state index is 6.35. The molecule has 4 heteroatoms. The lowest BCUT2D eigenvalue weighted by Crippen LogP contribution is -2.00. The highest BCUT2D eigenvalue weighted by atomic mass is 35.5. The van der Waals surface area contributed by atoms with Crippen molar-refractivity contribution in [3.05, 3.63) is 59.0 Å². The molecule has 2 N–H and O–H groups in total. The van der Waals surface area contributed by atoms with E-state index >= 15 is 0 Å². The molecule has 3 rings (SSSR count). The van der Waals surface area contributed by atoms with Gasteiger partial charge < -0.3 is 10.3 Å². The summed E-state index contributed by atoms with van der Waals surface area (Å²) in [5.41, 5.74) is 4.21. The Morgan fingerprint density at radius 1 is 1.37 bits per heavy atom. The van der Waals surface area contributed by atoms with Crippen LogP contribution in [0.3, 0.4) is 0 Å². The minimum absolute atomic E-state index is 0.730. The number of aromatic nitrogens is 2. The van der Waals surface area contributed by atoms with E-state index in [4.69, 9.17) is 11.6 Å². The highest BCUT2D eigenvalue weighted by Crippen LogP contribution is 2.32. The van der Waals surface area contributed by atoms with Crippen LogP contribution in [0.2, 0.25) is 5.02 Å². The van der Waals surface area contributed by atoms with Crippen LogP contribution in [0.4, 0.5) is 5.69 Å². The molecule has 3 aromatic rings. The van der Waals surface area contributed by atoms with Gasteiger partial charge in [0.15, 0.2) is 0 Å². The third-order valence-corrected chi connectivity index (χ3v) is 3.46. The van der Waals surface area contributed by atoms with Crippen molar-refractivity contribution < 1.29 is 0 Å². The van der Waals surface area contributed by atoms with E-state index in [1.54, 1.807) is 6.20 Å². The van der Waals surface area contributed by atoms with Crippen molar-refractivity contribution >= 4 is 28.2 Å². The van der Waals surface area contributed by atoms with E-state index in [1.165, 1.54) is 5.56 Å². The molecule has 0 bridgehead atoms. The second-order valence-electron chi connectivity index (χ2n) is 4.52. The van der Waals surface area contributed by atoms with Gasteiger partial charge in [-0.15, -0.1) is 0 Å². The molecule has 0 saturated carbocycles. The number of pyridine rings is 1. The molecule has 0 amide bonds. The van der Waals surface area contributed by atoms with Crippen LogP contribution in [-0.2, 0) is 6.54 Å². The summed E-state index contributed by atoms with van der Waals surface area (Å²) in [6.45, 7) is 2.76. The van der Waals surface area contributed by atoms with E-state index in [1.807, 2.05) is 43.6 Å². The van der Waals surface area contributed by atoms with Gasteiger partial charge in [0.25, 0.3) is 0 Å². The topological polar surface area (TPSA) is 40.7 Å². The standard InChI is InChI=1S/C15H14ClN3/c1-10-7-13(16)15(12-3-2-5-18-14(10)12)19-9-11-4-6-17-8-11/h2-8,17,19H,9H2,1H3. The van der Waals surface area contributed by atoms with Gasteiger partial charge in [-0.1, -0.05) is 11.6 Å². The van der Waals surface area contributed by atoms with Gasteiger partial charge in [0, 0.05) is 30.5 Å². The Morgan fingerprint density at radius 2 is 2.26 bits per heavy atom. The fraction of sp³-hybridized carbons (Fsp3) is 0.133. The summed E-state index contributed by atoms with van der Waals surface area (Å²) in [5, 5.41) is 5.18. The van der Waals surface area contributed by atoms with Gasteiger partial charge in [0.05, 0.1) is 16.2 Å². The summed E-state index contributed by atoms with van der Waals surface area (Å²) in [6, 6.07) is 7.96. The number of fused-ring (bicyclic) bond motifs is 1. The first-order valence-electron chi connectivity index (χ1n) is 6.15. The number of rotatable bonds is 3. The molecule has 0 fully saturated rings. The molecular weight excluding hydrogens is 258 g/mol. The lowest BCUT2D eigenvalue weighted by molar-refractivity contribution is 1.16.